The normalized spacial score (nSPS) is 10.8. The van der Waals surface area contributed by atoms with Crippen molar-refractivity contribution in [3.05, 3.63) is 64.5 Å². The van der Waals surface area contributed by atoms with Crippen molar-refractivity contribution >= 4 is 5.91 Å². The van der Waals surface area contributed by atoms with Gasteiger partial charge in [0.25, 0.3) is 5.91 Å². The zero-order valence-electron chi connectivity index (χ0n) is 13.7. The second kappa shape index (κ2) is 7.18. The minimum absolute atomic E-state index is 0.0790. The van der Waals surface area contributed by atoms with Crippen LogP contribution in [-0.4, -0.2) is 29.9 Å². The van der Waals surface area contributed by atoms with E-state index in [0.29, 0.717) is 12.1 Å². The standard InChI is InChI=1S/C18H23N3O/c1-13-9-10-17(14(2)20-13)18(22)19-11-15-7-5-6-8-16(15)12-21(3)4/h5-10H,11-12H2,1-4H3,(H,19,22). The van der Waals surface area contributed by atoms with Gasteiger partial charge in [-0.1, -0.05) is 24.3 Å². The molecule has 0 saturated heterocycles. The Morgan fingerprint density at radius 1 is 1.09 bits per heavy atom. The lowest BCUT2D eigenvalue weighted by Crippen LogP contribution is -2.25. The van der Waals surface area contributed by atoms with Crippen LogP contribution in [0, 0.1) is 13.8 Å². The molecule has 1 heterocycles. The molecule has 0 bridgehead atoms. The summed E-state index contributed by atoms with van der Waals surface area (Å²) >= 11 is 0. The lowest BCUT2D eigenvalue weighted by atomic mass is 10.1. The number of hydrogen-bond donors (Lipinski definition) is 1. The molecule has 2 rings (SSSR count). The van der Waals surface area contributed by atoms with E-state index in [1.54, 1.807) is 0 Å². The van der Waals surface area contributed by atoms with E-state index in [2.05, 4.69) is 27.3 Å². The van der Waals surface area contributed by atoms with E-state index in [1.807, 2.05) is 52.2 Å². The fraction of sp³-hybridized carbons (Fsp3) is 0.333. The molecule has 1 amide bonds. The summed E-state index contributed by atoms with van der Waals surface area (Å²) in [7, 11) is 4.08. The number of carbonyl (C=O) groups excluding carboxylic acids is 1. The number of aromatic nitrogens is 1. The van der Waals surface area contributed by atoms with Gasteiger partial charge in [-0.05, 0) is 51.2 Å². The second-order valence-corrected chi connectivity index (χ2v) is 5.77. The van der Waals surface area contributed by atoms with Crippen LogP contribution < -0.4 is 5.32 Å². The summed E-state index contributed by atoms with van der Waals surface area (Å²) in [5.74, 6) is -0.0790. The Hall–Kier alpha value is -2.20. The molecule has 1 N–H and O–H groups in total. The average molecular weight is 297 g/mol. The predicted octanol–water partition coefficient (Wildman–Crippen LogP) is 2.69. The highest BCUT2D eigenvalue weighted by molar-refractivity contribution is 5.95. The number of pyridine rings is 1. The molecule has 0 spiro atoms. The van der Waals surface area contributed by atoms with Gasteiger partial charge in [0.2, 0.25) is 0 Å². The molecule has 2 aromatic rings. The van der Waals surface area contributed by atoms with Gasteiger partial charge < -0.3 is 10.2 Å². The molecule has 0 radical (unpaired) electrons. The molecular formula is C18H23N3O. The number of carbonyl (C=O) groups is 1. The molecule has 4 nitrogen and oxygen atoms in total. The predicted molar refractivity (Wildman–Crippen MR) is 88.7 cm³/mol. The molecule has 0 atom stereocenters. The van der Waals surface area contributed by atoms with E-state index in [9.17, 15) is 4.79 Å². The highest BCUT2D eigenvalue weighted by Crippen LogP contribution is 2.11. The van der Waals surface area contributed by atoms with Gasteiger partial charge in [0, 0.05) is 18.8 Å². The Morgan fingerprint density at radius 2 is 1.77 bits per heavy atom. The molecule has 0 aliphatic rings. The highest BCUT2D eigenvalue weighted by Gasteiger charge is 2.11. The largest absolute Gasteiger partial charge is 0.348 e. The first kappa shape index (κ1) is 16.2. The van der Waals surface area contributed by atoms with E-state index in [0.717, 1.165) is 23.5 Å². The van der Waals surface area contributed by atoms with Crippen LogP contribution in [0.15, 0.2) is 36.4 Å². The highest BCUT2D eigenvalue weighted by atomic mass is 16.1. The van der Waals surface area contributed by atoms with Gasteiger partial charge in [0.1, 0.15) is 0 Å². The van der Waals surface area contributed by atoms with Crippen LogP contribution in [0.3, 0.4) is 0 Å². The summed E-state index contributed by atoms with van der Waals surface area (Å²) in [4.78, 5) is 18.8. The number of aryl methyl sites for hydroxylation is 2. The Balaban J connectivity index is 2.08. The number of hydrogen-bond acceptors (Lipinski definition) is 3. The zero-order chi connectivity index (χ0) is 16.1. The van der Waals surface area contributed by atoms with E-state index in [-0.39, 0.29) is 5.91 Å². The molecular weight excluding hydrogens is 274 g/mol. The molecule has 1 aromatic carbocycles. The monoisotopic (exact) mass is 297 g/mol. The van der Waals surface area contributed by atoms with E-state index in [4.69, 9.17) is 0 Å². The fourth-order valence-corrected chi connectivity index (χ4v) is 2.42. The maximum Gasteiger partial charge on any atom is 0.253 e. The van der Waals surface area contributed by atoms with Gasteiger partial charge in [0.15, 0.2) is 0 Å². The fourth-order valence-electron chi connectivity index (χ4n) is 2.42. The Bertz CT molecular complexity index is 665. The van der Waals surface area contributed by atoms with Crippen molar-refractivity contribution in [1.29, 1.82) is 0 Å². The minimum Gasteiger partial charge on any atom is -0.348 e. The number of nitrogens with zero attached hydrogens (tertiary/aromatic N) is 2. The SMILES string of the molecule is Cc1ccc(C(=O)NCc2ccccc2CN(C)C)c(C)n1. The van der Waals surface area contributed by atoms with Crippen molar-refractivity contribution in [3.8, 4) is 0 Å². The van der Waals surface area contributed by atoms with Gasteiger partial charge in [-0.25, -0.2) is 0 Å². The van der Waals surface area contributed by atoms with Crippen LogP contribution in [0.4, 0.5) is 0 Å². The number of rotatable bonds is 5. The van der Waals surface area contributed by atoms with Crippen molar-refractivity contribution < 1.29 is 4.79 Å². The quantitative estimate of drug-likeness (QED) is 0.923. The minimum atomic E-state index is -0.0790. The first-order valence-electron chi connectivity index (χ1n) is 7.41. The topological polar surface area (TPSA) is 45.2 Å². The van der Waals surface area contributed by atoms with E-state index >= 15 is 0 Å². The smallest absolute Gasteiger partial charge is 0.253 e. The number of benzene rings is 1. The molecule has 0 unspecified atom stereocenters. The van der Waals surface area contributed by atoms with Crippen LogP contribution in [0.1, 0.15) is 32.9 Å². The van der Waals surface area contributed by atoms with Gasteiger partial charge in [0.05, 0.1) is 11.3 Å². The molecule has 0 fully saturated rings. The van der Waals surface area contributed by atoms with E-state index in [1.165, 1.54) is 5.56 Å². The van der Waals surface area contributed by atoms with Gasteiger partial charge in [-0.2, -0.15) is 0 Å². The number of nitrogens with one attached hydrogen (secondary N) is 1. The Kier molecular flexibility index (Phi) is 5.28. The zero-order valence-corrected chi connectivity index (χ0v) is 13.7. The van der Waals surface area contributed by atoms with Crippen molar-refractivity contribution in [2.75, 3.05) is 14.1 Å². The lowest BCUT2D eigenvalue weighted by Gasteiger charge is -2.15. The van der Waals surface area contributed by atoms with Gasteiger partial charge in [-0.3, -0.25) is 9.78 Å². The van der Waals surface area contributed by atoms with Gasteiger partial charge >= 0.3 is 0 Å². The molecule has 22 heavy (non-hydrogen) atoms. The summed E-state index contributed by atoms with van der Waals surface area (Å²) in [6, 6.07) is 11.9. The second-order valence-electron chi connectivity index (χ2n) is 5.77. The molecule has 116 valence electrons. The average Bonchev–Trinajstić information content (AvgIpc) is 2.45. The summed E-state index contributed by atoms with van der Waals surface area (Å²) in [5, 5.41) is 2.99. The summed E-state index contributed by atoms with van der Waals surface area (Å²) in [6.07, 6.45) is 0. The summed E-state index contributed by atoms with van der Waals surface area (Å²) < 4.78 is 0. The van der Waals surface area contributed by atoms with Crippen LogP contribution in [0.5, 0.6) is 0 Å². The number of amides is 1. The van der Waals surface area contributed by atoms with Crippen molar-refractivity contribution in [1.82, 2.24) is 15.2 Å². The van der Waals surface area contributed by atoms with Crippen LogP contribution in [0.2, 0.25) is 0 Å². The van der Waals surface area contributed by atoms with Crippen LogP contribution >= 0.6 is 0 Å². The van der Waals surface area contributed by atoms with Gasteiger partial charge in [-0.15, -0.1) is 0 Å². The third kappa shape index (κ3) is 4.15. The first-order valence-corrected chi connectivity index (χ1v) is 7.41. The Morgan fingerprint density at radius 3 is 2.41 bits per heavy atom. The van der Waals surface area contributed by atoms with Crippen LogP contribution in [-0.2, 0) is 13.1 Å². The van der Waals surface area contributed by atoms with Crippen molar-refractivity contribution in [2.45, 2.75) is 26.9 Å². The van der Waals surface area contributed by atoms with Crippen LogP contribution in [0.25, 0.3) is 0 Å². The molecule has 4 heteroatoms. The van der Waals surface area contributed by atoms with Crippen molar-refractivity contribution in [2.24, 2.45) is 0 Å². The summed E-state index contributed by atoms with van der Waals surface area (Å²) in [6.45, 7) is 5.17. The maximum atomic E-state index is 12.3. The first-order chi connectivity index (χ1) is 10.5. The third-order valence-electron chi connectivity index (χ3n) is 3.51. The molecule has 1 aromatic heterocycles. The molecule has 0 saturated carbocycles. The third-order valence-corrected chi connectivity index (χ3v) is 3.51. The summed E-state index contributed by atoms with van der Waals surface area (Å²) in [5.41, 5.74) is 4.69. The van der Waals surface area contributed by atoms with Crippen molar-refractivity contribution in [3.63, 3.8) is 0 Å². The molecule has 0 aliphatic heterocycles. The molecule has 0 aliphatic carbocycles. The lowest BCUT2D eigenvalue weighted by molar-refractivity contribution is 0.0949. The van der Waals surface area contributed by atoms with E-state index < -0.39 is 0 Å². The Labute approximate surface area is 132 Å². The maximum absolute atomic E-state index is 12.3.